The van der Waals surface area contributed by atoms with Crippen LogP contribution in [0.5, 0.6) is 0 Å². The van der Waals surface area contributed by atoms with Crippen molar-refractivity contribution in [2.45, 2.75) is 19.6 Å². The molecule has 0 saturated heterocycles. The standard InChI is InChI=1S/C11H11ClF3N5/c1-2-16-5-9-18-6-19-20(9)10-8(12)3-7(4-17-10)11(13,14)15/h3-4,6,16H,2,5H2,1H3. The van der Waals surface area contributed by atoms with Gasteiger partial charge in [0.05, 0.1) is 17.1 Å². The van der Waals surface area contributed by atoms with Gasteiger partial charge in [0.25, 0.3) is 0 Å². The van der Waals surface area contributed by atoms with Gasteiger partial charge in [-0.05, 0) is 12.6 Å². The Bertz CT molecular complexity index is 596. The molecule has 0 aromatic carbocycles. The van der Waals surface area contributed by atoms with Crippen LogP contribution in [0.4, 0.5) is 13.2 Å². The molecule has 5 nitrogen and oxygen atoms in total. The number of pyridine rings is 1. The average Bonchev–Trinajstić information content (AvgIpc) is 2.83. The summed E-state index contributed by atoms with van der Waals surface area (Å²) >= 11 is 5.86. The van der Waals surface area contributed by atoms with E-state index in [4.69, 9.17) is 11.6 Å². The van der Waals surface area contributed by atoms with Crippen LogP contribution in [-0.4, -0.2) is 26.3 Å². The van der Waals surface area contributed by atoms with Crippen molar-refractivity contribution in [2.75, 3.05) is 6.54 Å². The molecule has 0 fully saturated rings. The van der Waals surface area contributed by atoms with Gasteiger partial charge in [-0.3, -0.25) is 0 Å². The first kappa shape index (κ1) is 14.7. The van der Waals surface area contributed by atoms with E-state index in [0.29, 0.717) is 12.4 Å². The molecule has 2 aromatic rings. The molecule has 0 radical (unpaired) electrons. The highest BCUT2D eigenvalue weighted by Crippen LogP contribution is 2.31. The maximum Gasteiger partial charge on any atom is 0.417 e. The van der Waals surface area contributed by atoms with Crippen molar-refractivity contribution in [3.63, 3.8) is 0 Å². The highest BCUT2D eigenvalue weighted by Gasteiger charge is 2.31. The Morgan fingerprint density at radius 3 is 2.70 bits per heavy atom. The van der Waals surface area contributed by atoms with Gasteiger partial charge in [0.15, 0.2) is 5.82 Å². The molecule has 0 aliphatic rings. The van der Waals surface area contributed by atoms with Crippen LogP contribution in [0.3, 0.4) is 0 Å². The molecule has 0 spiro atoms. The summed E-state index contributed by atoms with van der Waals surface area (Å²) in [5.74, 6) is 0.631. The van der Waals surface area contributed by atoms with Crippen molar-refractivity contribution in [2.24, 2.45) is 0 Å². The lowest BCUT2D eigenvalue weighted by atomic mass is 10.3. The summed E-state index contributed by atoms with van der Waals surface area (Å²) in [5.41, 5.74) is -0.903. The van der Waals surface area contributed by atoms with E-state index in [-0.39, 0.29) is 10.8 Å². The van der Waals surface area contributed by atoms with Gasteiger partial charge < -0.3 is 5.32 Å². The zero-order valence-electron chi connectivity index (χ0n) is 10.4. The molecule has 0 amide bonds. The first-order chi connectivity index (χ1) is 9.43. The molecule has 1 N–H and O–H groups in total. The maximum absolute atomic E-state index is 12.5. The van der Waals surface area contributed by atoms with Crippen LogP contribution in [0.25, 0.3) is 5.82 Å². The van der Waals surface area contributed by atoms with Gasteiger partial charge in [0, 0.05) is 6.20 Å². The second-order valence-corrected chi connectivity index (χ2v) is 4.30. The number of aromatic nitrogens is 4. The van der Waals surface area contributed by atoms with Crippen LogP contribution in [-0.2, 0) is 12.7 Å². The van der Waals surface area contributed by atoms with Crippen molar-refractivity contribution in [3.05, 3.63) is 35.0 Å². The van der Waals surface area contributed by atoms with Gasteiger partial charge in [-0.2, -0.15) is 23.0 Å². The molecule has 2 heterocycles. The third kappa shape index (κ3) is 3.07. The van der Waals surface area contributed by atoms with E-state index in [1.807, 2.05) is 6.92 Å². The summed E-state index contributed by atoms with van der Waals surface area (Å²) in [6.45, 7) is 3.06. The molecule has 20 heavy (non-hydrogen) atoms. The summed E-state index contributed by atoms with van der Waals surface area (Å²) < 4.78 is 38.9. The Hall–Kier alpha value is -1.67. The smallest absolute Gasteiger partial charge is 0.310 e. The summed E-state index contributed by atoms with van der Waals surface area (Å²) in [7, 11) is 0. The molecule has 108 valence electrons. The van der Waals surface area contributed by atoms with E-state index in [0.717, 1.165) is 18.8 Å². The van der Waals surface area contributed by atoms with Gasteiger partial charge >= 0.3 is 6.18 Å². The molecule has 9 heteroatoms. The predicted molar refractivity (Wildman–Crippen MR) is 66.5 cm³/mol. The Morgan fingerprint density at radius 2 is 2.10 bits per heavy atom. The maximum atomic E-state index is 12.5. The van der Waals surface area contributed by atoms with Crippen molar-refractivity contribution in [3.8, 4) is 5.82 Å². The van der Waals surface area contributed by atoms with E-state index < -0.39 is 11.7 Å². The molecule has 0 bridgehead atoms. The fraction of sp³-hybridized carbons (Fsp3) is 0.364. The largest absolute Gasteiger partial charge is 0.417 e. The lowest BCUT2D eigenvalue weighted by Crippen LogP contribution is -2.17. The van der Waals surface area contributed by atoms with Gasteiger partial charge in [-0.1, -0.05) is 18.5 Å². The fourth-order valence-electron chi connectivity index (χ4n) is 1.54. The normalized spacial score (nSPS) is 11.8. The van der Waals surface area contributed by atoms with Crippen LogP contribution in [0, 0.1) is 0 Å². The quantitative estimate of drug-likeness (QED) is 0.942. The molecule has 0 aliphatic heterocycles. The first-order valence-electron chi connectivity index (χ1n) is 5.76. The molecule has 2 rings (SSSR count). The zero-order chi connectivity index (χ0) is 14.8. The van der Waals surface area contributed by atoms with Crippen LogP contribution in [0.2, 0.25) is 5.02 Å². The van der Waals surface area contributed by atoms with Crippen LogP contribution >= 0.6 is 11.6 Å². The predicted octanol–water partition coefficient (Wildman–Crippen LogP) is 2.44. The summed E-state index contributed by atoms with van der Waals surface area (Å²) in [6, 6.07) is 0.822. The van der Waals surface area contributed by atoms with Gasteiger partial charge in [0.2, 0.25) is 0 Å². The third-order valence-corrected chi connectivity index (χ3v) is 2.78. The van der Waals surface area contributed by atoms with Crippen LogP contribution in [0.1, 0.15) is 18.3 Å². The highest BCUT2D eigenvalue weighted by atomic mass is 35.5. The SMILES string of the molecule is CCNCc1ncnn1-c1ncc(C(F)(F)F)cc1Cl. The molecular weight excluding hydrogens is 295 g/mol. The van der Waals surface area contributed by atoms with Gasteiger partial charge in [-0.15, -0.1) is 0 Å². The summed E-state index contributed by atoms with van der Waals surface area (Å²) in [4.78, 5) is 7.75. The Labute approximate surface area is 117 Å². The summed E-state index contributed by atoms with van der Waals surface area (Å²) in [5, 5.41) is 6.84. The number of halogens is 4. The number of rotatable bonds is 4. The van der Waals surface area contributed by atoms with Crippen molar-refractivity contribution in [1.82, 2.24) is 25.1 Å². The minimum absolute atomic E-state index is 0.116. The lowest BCUT2D eigenvalue weighted by Gasteiger charge is -2.10. The second-order valence-electron chi connectivity index (χ2n) is 3.90. The van der Waals surface area contributed by atoms with E-state index in [9.17, 15) is 13.2 Å². The van der Waals surface area contributed by atoms with Crippen LogP contribution in [0.15, 0.2) is 18.6 Å². The van der Waals surface area contributed by atoms with Crippen molar-refractivity contribution >= 4 is 11.6 Å². The average molecular weight is 306 g/mol. The van der Waals surface area contributed by atoms with Crippen LogP contribution < -0.4 is 5.32 Å². The topological polar surface area (TPSA) is 55.6 Å². The Morgan fingerprint density at radius 1 is 1.35 bits per heavy atom. The van der Waals surface area contributed by atoms with Gasteiger partial charge in [0.1, 0.15) is 12.2 Å². The van der Waals surface area contributed by atoms with E-state index >= 15 is 0 Å². The van der Waals surface area contributed by atoms with Gasteiger partial charge in [-0.25, -0.2) is 9.97 Å². The highest BCUT2D eigenvalue weighted by molar-refractivity contribution is 6.32. The second kappa shape index (κ2) is 5.76. The molecule has 0 saturated carbocycles. The number of hydrogen-bond donors (Lipinski definition) is 1. The monoisotopic (exact) mass is 305 g/mol. The third-order valence-electron chi connectivity index (χ3n) is 2.50. The summed E-state index contributed by atoms with van der Waals surface area (Å²) in [6.07, 6.45) is -2.47. The zero-order valence-corrected chi connectivity index (χ0v) is 11.2. The van der Waals surface area contributed by atoms with E-state index in [2.05, 4.69) is 20.4 Å². The fourth-order valence-corrected chi connectivity index (χ4v) is 1.79. The van der Waals surface area contributed by atoms with E-state index in [1.54, 1.807) is 0 Å². The number of nitrogens with zero attached hydrogens (tertiary/aromatic N) is 4. The number of hydrogen-bond acceptors (Lipinski definition) is 4. The molecule has 0 aliphatic carbocycles. The Kier molecular flexibility index (Phi) is 4.24. The van der Waals surface area contributed by atoms with Crippen molar-refractivity contribution < 1.29 is 13.2 Å². The molecule has 0 unspecified atom stereocenters. The first-order valence-corrected chi connectivity index (χ1v) is 6.14. The molecule has 0 atom stereocenters. The van der Waals surface area contributed by atoms with E-state index in [1.165, 1.54) is 11.0 Å². The minimum atomic E-state index is -4.48. The number of alkyl halides is 3. The number of nitrogens with one attached hydrogen (secondary N) is 1. The minimum Gasteiger partial charge on any atom is -0.310 e. The van der Waals surface area contributed by atoms with Crippen molar-refractivity contribution in [1.29, 1.82) is 0 Å². The molecular formula is C11H11ClF3N5. The Balaban J connectivity index is 2.37. The molecule has 2 aromatic heterocycles. The lowest BCUT2D eigenvalue weighted by molar-refractivity contribution is -0.137.